The molecule has 0 aliphatic heterocycles. The van der Waals surface area contributed by atoms with E-state index in [0.717, 1.165) is 42.9 Å². The SMILES string of the molecule is CCNC(=NCCCOc1cccc(OC)c1)NC1CC1C.I. The van der Waals surface area contributed by atoms with Gasteiger partial charge in [0.2, 0.25) is 0 Å². The molecule has 23 heavy (non-hydrogen) atoms. The standard InChI is InChI=1S/C17H27N3O2.HI/c1-4-18-17(20-16-11-13(16)2)19-9-6-10-22-15-8-5-7-14(12-15)21-3;/h5,7-8,12-13,16H,4,6,9-11H2,1-3H3,(H2,18,19,20);1H. The maximum absolute atomic E-state index is 5.71. The van der Waals surface area contributed by atoms with Crippen LogP contribution < -0.4 is 20.1 Å². The first kappa shape index (κ1) is 19.9. The number of hydrogen-bond acceptors (Lipinski definition) is 3. The van der Waals surface area contributed by atoms with Gasteiger partial charge in [-0.2, -0.15) is 0 Å². The van der Waals surface area contributed by atoms with Crippen LogP contribution in [0.1, 0.15) is 26.7 Å². The molecular weight excluding hydrogens is 405 g/mol. The number of nitrogens with one attached hydrogen (secondary N) is 2. The highest BCUT2D eigenvalue weighted by Crippen LogP contribution is 2.28. The normalized spacial score (nSPS) is 19.5. The lowest BCUT2D eigenvalue weighted by Crippen LogP contribution is -2.39. The van der Waals surface area contributed by atoms with E-state index in [-0.39, 0.29) is 24.0 Å². The second kappa shape index (κ2) is 10.6. The van der Waals surface area contributed by atoms with E-state index in [0.29, 0.717) is 12.6 Å². The van der Waals surface area contributed by atoms with Crippen LogP contribution in [0.15, 0.2) is 29.3 Å². The number of rotatable bonds is 8. The van der Waals surface area contributed by atoms with Gasteiger partial charge in [0.25, 0.3) is 0 Å². The Labute approximate surface area is 156 Å². The van der Waals surface area contributed by atoms with Crippen molar-refractivity contribution >= 4 is 29.9 Å². The summed E-state index contributed by atoms with van der Waals surface area (Å²) in [6.07, 6.45) is 2.12. The first-order valence-electron chi connectivity index (χ1n) is 8.04. The Morgan fingerprint density at radius 2 is 2.09 bits per heavy atom. The third-order valence-corrected chi connectivity index (χ3v) is 3.66. The maximum Gasteiger partial charge on any atom is 0.191 e. The number of ether oxygens (including phenoxy) is 2. The van der Waals surface area contributed by atoms with Crippen LogP contribution >= 0.6 is 24.0 Å². The van der Waals surface area contributed by atoms with Gasteiger partial charge < -0.3 is 20.1 Å². The van der Waals surface area contributed by atoms with Crippen molar-refractivity contribution in [2.45, 2.75) is 32.7 Å². The van der Waals surface area contributed by atoms with E-state index < -0.39 is 0 Å². The highest BCUT2D eigenvalue weighted by Gasteiger charge is 2.33. The van der Waals surface area contributed by atoms with Gasteiger partial charge in [0.1, 0.15) is 11.5 Å². The minimum atomic E-state index is 0. The lowest BCUT2D eigenvalue weighted by atomic mass is 10.3. The summed E-state index contributed by atoms with van der Waals surface area (Å²) in [5.74, 6) is 3.33. The van der Waals surface area contributed by atoms with Crippen molar-refractivity contribution in [3.05, 3.63) is 24.3 Å². The van der Waals surface area contributed by atoms with Crippen molar-refractivity contribution in [2.24, 2.45) is 10.9 Å². The zero-order chi connectivity index (χ0) is 15.8. The quantitative estimate of drug-likeness (QED) is 0.287. The lowest BCUT2D eigenvalue weighted by molar-refractivity contribution is 0.311. The highest BCUT2D eigenvalue weighted by atomic mass is 127. The second-order valence-electron chi connectivity index (χ2n) is 5.61. The van der Waals surface area contributed by atoms with Gasteiger partial charge in [-0.15, -0.1) is 24.0 Å². The number of nitrogens with zero attached hydrogens (tertiary/aromatic N) is 1. The molecule has 2 unspecified atom stereocenters. The van der Waals surface area contributed by atoms with Crippen molar-refractivity contribution in [1.29, 1.82) is 0 Å². The number of hydrogen-bond donors (Lipinski definition) is 2. The largest absolute Gasteiger partial charge is 0.497 e. The fraction of sp³-hybridized carbons (Fsp3) is 0.588. The van der Waals surface area contributed by atoms with Crippen LogP contribution in [0.3, 0.4) is 0 Å². The van der Waals surface area contributed by atoms with Gasteiger partial charge in [0.15, 0.2) is 5.96 Å². The van der Waals surface area contributed by atoms with Crippen LogP contribution in [0.5, 0.6) is 11.5 Å². The zero-order valence-electron chi connectivity index (χ0n) is 14.2. The third kappa shape index (κ3) is 7.28. The average molecular weight is 433 g/mol. The summed E-state index contributed by atoms with van der Waals surface area (Å²) in [5.41, 5.74) is 0. The van der Waals surface area contributed by atoms with E-state index in [2.05, 4.69) is 29.5 Å². The molecular formula is C17H28IN3O2. The van der Waals surface area contributed by atoms with Gasteiger partial charge in [-0.1, -0.05) is 13.0 Å². The third-order valence-electron chi connectivity index (χ3n) is 3.66. The van der Waals surface area contributed by atoms with Gasteiger partial charge in [-0.25, -0.2) is 0 Å². The number of methoxy groups -OCH3 is 1. The van der Waals surface area contributed by atoms with Crippen molar-refractivity contribution in [2.75, 3.05) is 26.8 Å². The predicted octanol–water partition coefficient (Wildman–Crippen LogP) is 3.05. The monoisotopic (exact) mass is 433 g/mol. The Bertz CT molecular complexity index is 496. The van der Waals surface area contributed by atoms with Crippen molar-refractivity contribution in [3.63, 3.8) is 0 Å². The molecule has 1 aliphatic carbocycles. The average Bonchev–Trinajstić information content (AvgIpc) is 3.22. The molecule has 0 aromatic heterocycles. The molecule has 0 saturated heterocycles. The number of halogens is 1. The van der Waals surface area contributed by atoms with E-state index in [1.54, 1.807) is 7.11 Å². The number of guanidine groups is 1. The molecule has 1 aromatic carbocycles. The predicted molar refractivity (Wildman–Crippen MR) is 105 cm³/mol. The fourth-order valence-corrected chi connectivity index (χ4v) is 2.16. The summed E-state index contributed by atoms with van der Waals surface area (Å²) >= 11 is 0. The Balaban J connectivity index is 0.00000264. The molecule has 1 fully saturated rings. The van der Waals surface area contributed by atoms with E-state index in [4.69, 9.17) is 9.47 Å². The number of aliphatic imine (C=N–C) groups is 1. The van der Waals surface area contributed by atoms with Crippen LogP contribution in [0.4, 0.5) is 0 Å². The summed E-state index contributed by atoms with van der Waals surface area (Å²) in [6, 6.07) is 8.25. The summed E-state index contributed by atoms with van der Waals surface area (Å²) < 4.78 is 10.9. The second-order valence-corrected chi connectivity index (χ2v) is 5.61. The van der Waals surface area contributed by atoms with Gasteiger partial charge in [-0.3, -0.25) is 4.99 Å². The van der Waals surface area contributed by atoms with Gasteiger partial charge in [0, 0.05) is 31.6 Å². The molecule has 1 aliphatic rings. The number of benzene rings is 1. The van der Waals surface area contributed by atoms with Crippen LogP contribution in [0.25, 0.3) is 0 Å². The molecule has 2 N–H and O–H groups in total. The molecule has 130 valence electrons. The van der Waals surface area contributed by atoms with Crippen LogP contribution in [-0.4, -0.2) is 38.8 Å². The minimum absolute atomic E-state index is 0. The topological polar surface area (TPSA) is 54.9 Å². The van der Waals surface area contributed by atoms with E-state index in [1.807, 2.05) is 24.3 Å². The molecule has 5 nitrogen and oxygen atoms in total. The van der Waals surface area contributed by atoms with E-state index in [9.17, 15) is 0 Å². The lowest BCUT2D eigenvalue weighted by Gasteiger charge is -2.11. The molecule has 0 bridgehead atoms. The van der Waals surface area contributed by atoms with Crippen LogP contribution in [0.2, 0.25) is 0 Å². The first-order chi connectivity index (χ1) is 10.7. The van der Waals surface area contributed by atoms with Crippen LogP contribution in [-0.2, 0) is 0 Å². The summed E-state index contributed by atoms with van der Waals surface area (Å²) in [7, 11) is 1.66. The highest BCUT2D eigenvalue weighted by molar-refractivity contribution is 14.0. The smallest absolute Gasteiger partial charge is 0.191 e. The molecule has 1 saturated carbocycles. The molecule has 0 radical (unpaired) electrons. The van der Waals surface area contributed by atoms with E-state index in [1.165, 1.54) is 6.42 Å². The summed E-state index contributed by atoms with van der Waals surface area (Å²) in [5, 5.41) is 6.73. The molecule has 2 atom stereocenters. The Morgan fingerprint density at radius 3 is 2.74 bits per heavy atom. The van der Waals surface area contributed by atoms with Crippen molar-refractivity contribution < 1.29 is 9.47 Å². The van der Waals surface area contributed by atoms with Crippen molar-refractivity contribution in [1.82, 2.24) is 10.6 Å². The Kier molecular flexibility index (Phi) is 9.13. The maximum atomic E-state index is 5.71. The molecule has 6 heteroatoms. The fourth-order valence-electron chi connectivity index (χ4n) is 2.16. The van der Waals surface area contributed by atoms with E-state index >= 15 is 0 Å². The molecule has 2 rings (SSSR count). The Hall–Kier alpha value is -1.18. The first-order valence-corrected chi connectivity index (χ1v) is 8.04. The Morgan fingerprint density at radius 1 is 1.35 bits per heavy atom. The van der Waals surface area contributed by atoms with Crippen molar-refractivity contribution in [3.8, 4) is 11.5 Å². The molecule has 0 amide bonds. The molecule has 1 aromatic rings. The zero-order valence-corrected chi connectivity index (χ0v) is 16.5. The minimum Gasteiger partial charge on any atom is -0.497 e. The van der Waals surface area contributed by atoms with Gasteiger partial charge in [0.05, 0.1) is 13.7 Å². The summed E-state index contributed by atoms with van der Waals surface area (Å²) in [4.78, 5) is 4.58. The van der Waals surface area contributed by atoms with Crippen LogP contribution in [0, 0.1) is 5.92 Å². The molecule has 0 heterocycles. The molecule has 0 spiro atoms. The summed E-state index contributed by atoms with van der Waals surface area (Å²) in [6.45, 7) is 6.62. The van der Waals surface area contributed by atoms with Gasteiger partial charge in [-0.05, 0) is 31.4 Å². The van der Waals surface area contributed by atoms with Gasteiger partial charge >= 0.3 is 0 Å².